The van der Waals surface area contributed by atoms with E-state index in [1.54, 1.807) is 20.8 Å². The van der Waals surface area contributed by atoms with Crippen molar-refractivity contribution in [2.24, 2.45) is 11.3 Å². The summed E-state index contributed by atoms with van der Waals surface area (Å²) in [5, 5.41) is 4.89. The van der Waals surface area contributed by atoms with E-state index in [1.165, 1.54) is 18.1 Å². The fourth-order valence-electron chi connectivity index (χ4n) is 6.60. The second-order valence-electron chi connectivity index (χ2n) is 14.6. The van der Waals surface area contributed by atoms with E-state index in [0.29, 0.717) is 19.3 Å². The molecule has 0 spiro atoms. The number of nitrogens with zero attached hydrogens (tertiary/aromatic N) is 1. The molecule has 3 N–H and O–H groups in total. The quantitative estimate of drug-likeness (QED) is 0.263. The van der Waals surface area contributed by atoms with E-state index in [1.807, 2.05) is 61.5 Å². The Kier molecular flexibility index (Phi) is 10.5. The second-order valence-corrected chi connectivity index (χ2v) is 16.6. The molecule has 0 radical (unpaired) electrons. The number of hydrogen-bond acceptors (Lipinski definition) is 8. The fourth-order valence-corrected chi connectivity index (χ4v) is 7.96. The van der Waals surface area contributed by atoms with Crippen molar-refractivity contribution in [3.63, 3.8) is 0 Å². The number of carbonyl (C=O) groups excluding carboxylic acids is 4. The van der Waals surface area contributed by atoms with Crippen LogP contribution >= 0.6 is 0 Å². The molecule has 2 aromatic rings. The van der Waals surface area contributed by atoms with Crippen LogP contribution in [0.25, 0.3) is 11.1 Å². The number of carbonyl (C=O) groups is 4. The highest BCUT2D eigenvalue weighted by Crippen LogP contribution is 2.47. The molecule has 2 saturated carbocycles. The van der Waals surface area contributed by atoms with Crippen molar-refractivity contribution >= 4 is 33.8 Å². The van der Waals surface area contributed by atoms with Gasteiger partial charge in [-0.05, 0) is 47.8 Å². The van der Waals surface area contributed by atoms with E-state index < -0.39 is 73.6 Å². The van der Waals surface area contributed by atoms with Crippen molar-refractivity contribution in [1.29, 1.82) is 0 Å². The smallest absolute Gasteiger partial charge is 0.407 e. The largest absolute Gasteiger partial charge is 0.450 e. The molecular formula is C37H48N4O8S. The normalized spacial score (nSPS) is 25.3. The van der Waals surface area contributed by atoms with Crippen LogP contribution in [0.2, 0.25) is 0 Å². The minimum absolute atomic E-state index is 0.0275. The first-order chi connectivity index (χ1) is 23.6. The van der Waals surface area contributed by atoms with Gasteiger partial charge in [0.2, 0.25) is 21.8 Å². The van der Waals surface area contributed by atoms with Crippen molar-refractivity contribution < 1.29 is 37.1 Å². The number of amides is 4. The van der Waals surface area contributed by atoms with E-state index in [-0.39, 0.29) is 26.0 Å². The summed E-state index contributed by atoms with van der Waals surface area (Å²) in [6.45, 7) is 11.2. The van der Waals surface area contributed by atoms with Crippen LogP contribution in [-0.4, -0.2) is 80.3 Å². The Morgan fingerprint density at radius 1 is 1.02 bits per heavy atom. The summed E-state index contributed by atoms with van der Waals surface area (Å²) in [7, 11) is -2.37. The number of likely N-dealkylation sites (tertiary alicyclic amines) is 1. The molecule has 50 heavy (non-hydrogen) atoms. The molecule has 2 aliphatic carbocycles. The lowest BCUT2D eigenvalue weighted by Crippen LogP contribution is -2.60. The van der Waals surface area contributed by atoms with Gasteiger partial charge < -0.3 is 25.0 Å². The van der Waals surface area contributed by atoms with E-state index in [9.17, 15) is 27.6 Å². The molecule has 1 heterocycles. The van der Waals surface area contributed by atoms with Gasteiger partial charge in [0, 0.05) is 19.4 Å². The van der Waals surface area contributed by atoms with Crippen LogP contribution in [-0.2, 0) is 39.5 Å². The third-order valence-electron chi connectivity index (χ3n) is 9.88. The van der Waals surface area contributed by atoms with Gasteiger partial charge >= 0.3 is 6.09 Å². The summed E-state index contributed by atoms with van der Waals surface area (Å²) < 4.78 is 39.0. The molecule has 1 saturated heterocycles. The molecular weight excluding hydrogens is 660 g/mol. The lowest BCUT2D eigenvalue weighted by molar-refractivity contribution is -0.143. The van der Waals surface area contributed by atoms with E-state index in [0.717, 1.165) is 16.7 Å². The highest BCUT2D eigenvalue weighted by atomic mass is 32.2. The predicted octanol–water partition coefficient (Wildman–Crippen LogP) is 4.02. The van der Waals surface area contributed by atoms with Crippen LogP contribution in [0.1, 0.15) is 65.4 Å². The summed E-state index contributed by atoms with van der Waals surface area (Å²) in [4.78, 5) is 56.5. The first-order valence-corrected chi connectivity index (χ1v) is 18.6. The van der Waals surface area contributed by atoms with Crippen LogP contribution in [0.3, 0.4) is 0 Å². The van der Waals surface area contributed by atoms with Gasteiger partial charge in [-0.3, -0.25) is 19.1 Å². The van der Waals surface area contributed by atoms with Gasteiger partial charge in [-0.1, -0.05) is 88.4 Å². The number of benzene rings is 2. The highest BCUT2D eigenvalue weighted by molar-refractivity contribution is 7.91. The molecule has 5 atom stereocenters. The zero-order chi connectivity index (χ0) is 36.5. The Morgan fingerprint density at radius 3 is 2.20 bits per heavy atom. The maximum absolute atomic E-state index is 14.5. The van der Waals surface area contributed by atoms with Gasteiger partial charge in [0.15, 0.2) is 0 Å². The first-order valence-electron chi connectivity index (χ1n) is 17.1. The van der Waals surface area contributed by atoms with Crippen molar-refractivity contribution in [1.82, 2.24) is 20.3 Å². The zero-order valence-electron chi connectivity index (χ0n) is 29.4. The average Bonchev–Trinajstić information content (AvgIpc) is 4.02. The minimum Gasteiger partial charge on any atom is -0.450 e. The SMILES string of the molecule is C=C[C@@H]1C[C@]1(NC(=O)[C@@H]1C[C@@](OC)(c2ccc(-c3ccccc3)cc2)CN1C(=O)[C@@H](NC(=O)OCCC)C(C)(C)C)C(=O)NS(=O)(=O)C1CC1. The minimum atomic E-state index is -3.89. The molecule has 0 unspecified atom stereocenters. The van der Waals surface area contributed by atoms with Crippen LogP contribution in [0.15, 0.2) is 67.3 Å². The number of sulfonamides is 1. The molecule has 0 bridgehead atoms. The van der Waals surface area contributed by atoms with Gasteiger partial charge in [-0.15, -0.1) is 6.58 Å². The molecule has 0 aromatic heterocycles. The average molecular weight is 709 g/mol. The van der Waals surface area contributed by atoms with Crippen LogP contribution < -0.4 is 15.4 Å². The fraction of sp³-hybridized carbons (Fsp3) is 0.514. The van der Waals surface area contributed by atoms with E-state index >= 15 is 0 Å². The number of hydrogen-bond donors (Lipinski definition) is 3. The van der Waals surface area contributed by atoms with Gasteiger partial charge in [0.25, 0.3) is 5.91 Å². The second kappa shape index (κ2) is 14.2. The molecule has 3 fully saturated rings. The summed E-state index contributed by atoms with van der Waals surface area (Å²) in [6.07, 6.45) is 2.46. The van der Waals surface area contributed by atoms with Crippen LogP contribution in [0.5, 0.6) is 0 Å². The Bertz CT molecular complexity index is 1720. The van der Waals surface area contributed by atoms with Crippen molar-refractivity contribution in [3.8, 4) is 11.1 Å². The monoisotopic (exact) mass is 708 g/mol. The van der Waals surface area contributed by atoms with Crippen LogP contribution in [0.4, 0.5) is 4.79 Å². The van der Waals surface area contributed by atoms with E-state index in [4.69, 9.17) is 9.47 Å². The molecule has 12 nitrogen and oxygen atoms in total. The molecule has 3 aliphatic rings. The van der Waals surface area contributed by atoms with Gasteiger partial charge in [-0.25, -0.2) is 13.2 Å². The number of nitrogens with one attached hydrogen (secondary N) is 3. The van der Waals surface area contributed by atoms with Crippen LogP contribution in [0, 0.1) is 11.3 Å². The Labute approximate surface area is 294 Å². The summed E-state index contributed by atoms with van der Waals surface area (Å²) >= 11 is 0. The highest BCUT2D eigenvalue weighted by Gasteiger charge is 2.62. The Hall–Kier alpha value is -4.23. The third kappa shape index (κ3) is 7.58. The molecule has 13 heteroatoms. The van der Waals surface area contributed by atoms with Gasteiger partial charge in [0.05, 0.1) is 18.4 Å². The van der Waals surface area contributed by atoms with Crippen molar-refractivity contribution in [2.75, 3.05) is 20.3 Å². The molecule has 2 aromatic carbocycles. The molecule has 1 aliphatic heterocycles. The molecule has 5 rings (SSSR count). The summed E-state index contributed by atoms with van der Waals surface area (Å²) in [6, 6.07) is 15.3. The van der Waals surface area contributed by atoms with E-state index in [2.05, 4.69) is 21.9 Å². The number of alkyl carbamates (subject to hydrolysis) is 1. The summed E-state index contributed by atoms with van der Waals surface area (Å²) in [5.74, 6) is -2.53. The predicted molar refractivity (Wildman–Crippen MR) is 188 cm³/mol. The maximum Gasteiger partial charge on any atom is 0.407 e. The molecule has 270 valence electrons. The van der Waals surface area contributed by atoms with Gasteiger partial charge in [0.1, 0.15) is 23.2 Å². The zero-order valence-corrected chi connectivity index (χ0v) is 30.2. The maximum atomic E-state index is 14.5. The number of ether oxygens (including phenoxy) is 2. The van der Waals surface area contributed by atoms with Gasteiger partial charge in [-0.2, -0.15) is 0 Å². The topological polar surface area (TPSA) is 160 Å². The number of rotatable bonds is 13. The lowest BCUT2D eigenvalue weighted by atomic mass is 9.85. The Morgan fingerprint density at radius 2 is 1.66 bits per heavy atom. The first kappa shape index (κ1) is 37.0. The lowest BCUT2D eigenvalue weighted by Gasteiger charge is -2.35. The number of methoxy groups -OCH3 is 1. The summed E-state index contributed by atoms with van der Waals surface area (Å²) in [5.41, 5.74) is -0.744. The standard InChI is InChI=1S/C37H48N4O8S/c1-7-20-49-34(45)38-30(35(3,4)5)32(43)41-23-36(48-6,27-16-14-25(15-17-27)24-12-10-9-11-13-24)22-29(41)31(42)39-37(21-26(37)8-2)33(44)40-50(46,47)28-18-19-28/h8-17,26,28-30H,2,7,18-23H2,1,3-6H3,(H,38,45)(H,39,42)(H,40,44)/t26-,29+,30-,36+,37-/m1/s1. The third-order valence-corrected chi connectivity index (χ3v) is 11.7. The van der Waals surface area contributed by atoms with Crippen molar-refractivity contribution in [3.05, 3.63) is 72.8 Å². The van der Waals surface area contributed by atoms with Crippen molar-refractivity contribution in [2.45, 2.75) is 88.3 Å². The molecule has 4 amide bonds. The Balaban J connectivity index is 1.49.